The highest BCUT2D eigenvalue weighted by molar-refractivity contribution is 14.1. The van der Waals surface area contributed by atoms with Gasteiger partial charge >= 0.3 is 0 Å². The van der Waals surface area contributed by atoms with Gasteiger partial charge in [-0.05, 0) is 28.7 Å². The zero-order valence-electron chi connectivity index (χ0n) is 3.94. The molecular weight excluding hydrogens is 238 g/mol. The van der Waals surface area contributed by atoms with Crippen molar-refractivity contribution in [2.24, 2.45) is 0 Å². The van der Waals surface area contributed by atoms with E-state index < -0.39 is 0 Å². The van der Waals surface area contributed by atoms with Gasteiger partial charge in [-0.2, -0.15) is 0 Å². The Hall–Kier alpha value is 0.100. The number of nitrogens with two attached hydrogens (primary N) is 1. The summed E-state index contributed by atoms with van der Waals surface area (Å²) in [5.41, 5.74) is 0. The molecule has 4 heteroatoms. The van der Waals surface area contributed by atoms with Crippen molar-refractivity contribution in [3.8, 4) is 0 Å². The van der Waals surface area contributed by atoms with E-state index in [0.717, 1.165) is 3.70 Å². The van der Waals surface area contributed by atoms with Crippen LogP contribution in [0.15, 0.2) is 12.3 Å². The van der Waals surface area contributed by atoms with Crippen molar-refractivity contribution in [3.63, 3.8) is 0 Å². The van der Waals surface area contributed by atoms with Crippen LogP contribution in [0.3, 0.4) is 0 Å². The first-order valence-corrected chi connectivity index (χ1v) is 3.45. The van der Waals surface area contributed by atoms with Gasteiger partial charge in [-0.15, -0.1) is 0 Å². The molecule has 0 radical (unpaired) electrons. The van der Waals surface area contributed by atoms with Crippen LogP contribution in [-0.2, 0) is 0 Å². The quantitative estimate of drug-likeness (QED) is 0.542. The summed E-state index contributed by atoms with van der Waals surface area (Å²) in [4.78, 5) is 0. The minimum absolute atomic E-state index is 0.702. The van der Waals surface area contributed by atoms with Gasteiger partial charge in [0.15, 0.2) is 0 Å². The molecule has 0 fully saturated rings. The smallest absolute Gasteiger partial charge is 0.118 e. The van der Waals surface area contributed by atoms with Crippen LogP contribution in [0.25, 0.3) is 0 Å². The average Bonchev–Trinajstić information content (AvgIpc) is 1.98. The summed E-state index contributed by atoms with van der Waals surface area (Å²) in [6, 6.07) is 1.75. The molecule has 0 aliphatic carbocycles. The van der Waals surface area contributed by atoms with Crippen molar-refractivity contribution >= 4 is 34.2 Å². The van der Waals surface area contributed by atoms with E-state index in [9.17, 15) is 0 Å². The van der Waals surface area contributed by atoms with E-state index >= 15 is 0 Å². The zero-order chi connectivity index (χ0) is 6.15. The molecule has 0 saturated heterocycles. The molecular formula is C4H4ClIN2. The molecule has 2 nitrogen and oxygen atoms in total. The van der Waals surface area contributed by atoms with Gasteiger partial charge in [0.2, 0.25) is 0 Å². The van der Waals surface area contributed by atoms with Gasteiger partial charge in [0.1, 0.15) is 3.70 Å². The summed E-state index contributed by atoms with van der Waals surface area (Å²) < 4.78 is 2.34. The maximum Gasteiger partial charge on any atom is 0.118 e. The maximum atomic E-state index is 5.62. The molecule has 8 heavy (non-hydrogen) atoms. The van der Waals surface area contributed by atoms with E-state index in [0.29, 0.717) is 5.02 Å². The molecule has 0 saturated carbocycles. The summed E-state index contributed by atoms with van der Waals surface area (Å²) in [6.45, 7) is 0. The third-order valence-electron chi connectivity index (χ3n) is 0.805. The molecule has 44 valence electrons. The Morgan fingerprint density at radius 2 is 2.38 bits per heavy atom. The van der Waals surface area contributed by atoms with Crippen molar-refractivity contribution in [2.75, 3.05) is 5.84 Å². The Balaban J connectivity index is 3.19. The minimum Gasteiger partial charge on any atom is -0.339 e. The van der Waals surface area contributed by atoms with Crippen LogP contribution in [0.1, 0.15) is 0 Å². The first kappa shape index (κ1) is 6.22. The van der Waals surface area contributed by atoms with Gasteiger partial charge in [-0.1, -0.05) is 11.6 Å². The number of nitrogens with zero attached hydrogens (tertiary/aromatic N) is 1. The monoisotopic (exact) mass is 242 g/mol. The van der Waals surface area contributed by atoms with Gasteiger partial charge in [0.05, 0.1) is 5.02 Å². The van der Waals surface area contributed by atoms with Crippen LogP contribution in [0.5, 0.6) is 0 Å². The molecule has 0 aliphatic rings. The van der Waals surface area contributed by atoms with Crippen LogP contribution in [0.2, 0.25) is 5.02 Å². The predicted octanol–water partition coefficient (Wildman–Crippen LogP) is 1.46. The van der Waals surface area contributed by atoms with E-state index in [1.807, 2.05) is 0 Å². The highest BCUT2D eigenvalue weighted by Crippen LogP contribution is 2.16. The lowest BCUT2D eigenvalue weighted by atomic mass is 10.7. The summed E-state index contributed by atoms with van der Waals surface area (Å²) in [5.74, 6) is 5.37. The first-order chi connectivity index (χ1) is 3.72. The highest BCUT2D eigenvalue weighted by Gasteiger charge is 1.97. The lowest BCUT2D eigenvalue weighted by Crippen LogP contribution is -2.07. The molecule has 2 N–H and O–H groups in total. The fourth-order valence-electron chi connectivity index (χ4n) is 0.403. The molecule has 0 unspecified atom stereocenters. The van der Waals surface area contributed by atoms with Crippen LogP contribution in [0.4, 0.5) is 0 Å². The van der Waals surface area contributed by atoms with Crippen LogP contribution in [0, 0.1) is 3.70 Å². The van der Waals surface area contributed by atoms with Crippen molar-refractivity contribution in [1.82, 2.24) is 4.68 Å². The second-order valence-corrected chi connectivity index (χ2v) is 2.79. The van der Waals surface area contributed by atoms with E-state index in [2.05, 4.69) is 22.6 Å². The van der Waals surface area contributed by atoms with Crippen LogP contribution in [-0.4, -0.2) is 4.68 Å². The standard InChI is InChI=1S/C4H4ClIN2/c5-3-1-2-8(7)4(3)6/h1-2H,7H2. The number of halogens is 2. The number of nitrogen functional groups attached to an aromatic ring is 1. The van der Waals surface area contributed by atoms with E-state index in [-0.39, 0.29) is 0 Å². The summed E-state index contributed by atoms with van der Waals surface area (Å²) >= 11 is 7.69. The fourth-order valence-corrected chi connectivity index (χ4v) is 0.898. The summed E-state index contributed by atoms with van der Waals surface area (Å²) in [5, 5.41) is 0.702. The van der Waals surface area contributed by atoms with Crippen molar-refractivity contribution in [3.05, 3.63) is 21.0 Å². The Bertz CT molecular complexity index is 176. The second kappa shape index (κ2) is 2.14. The van der Waals surface area contributed by atoms with Crippen LogP contribution >= 0.6 is 34.2 Å². The number of aromatic nitrogens is 1. The number of hydrogen-bond donors (Lipinski definition) is 1. The lowest BCUT2D eigenvalue weighted by molar-refractivity contribution is 0.986. The van der Waals surface area contributed by atoms with Gasteiger partial charge in [-0.25, -0.2) is 0 Å². The third-order valence-corrected chi connectivity index (χ3v) is 2.57. The van der Waals surface area contributed by atoms with Crippen molar-refractivity contribution in [1.29, 1.82) is 0 Å². The fraction of sp³-hybridized carbons (Fsp3) is 0. The highest BCUT2D eigenvalue weighted by atomic mass is 127. The summed E-state index contributed by atoms with van der Waals surface area (Å²) in [6.07, 6.45) is 1.71. The topological polar surface area (TPSA) is 30.9 Å². The van der Waals surface area contributed by atoms with E-state index in [4.69, 9.17) is 17.4 Å². The van der Waals surface area contributed by atoms with Crippen molar-refractivity contribution < 1.29 is 0 Å². The molecule has 0 spiro atoms. The largest absolute Gasteiger partial charge is 0.339 e. The molecule has 1 heterocycles. The van der Waals surface area contributed by atoms with E-state index in [1.165, 1.54) is 4.68 Å². The molecule has 1 aromatic rings. The predicted molar refractivity (Wildman–Crippen MR) is 42.3 cm³/mol. The number of rotatable bonds is 0. The van der Waals surface area contributed by atoms with E-state index in [1.54, 1.807) is 12.3 Å². The third kappa shape index (κ3) is 0.925. The van der Waals surface area contributed by atoms with Gasteiger partial charge < -0.3 is 5.84 Å². The molecule has 1 aromatic heterocycles. The van der Waals surface area contributed by atoms with Gasteiger partial charge in [-0.3, -0.25) is 4.68 Å². The Labute approximate surface area is 65.7 Å². The molecule has 0 atom stereocenters. The molecule has 0 aliphatic heterocycles. The Kier molecular flexibility index (Phi) is 1.67. The molecule has 0 aromatic carbocycles. The van der Waals surface area contributed by atoms with Crippen LogP contribution < -0.4 is 5.84 Å². The molecule has 0 amide bonds. The Morgan fingerprint density at radius 3 is 2.50 bits per heavy atom. The maximum absolute atomic E-state index is 5.62. The molecule has 0 bridgehead atoms. The minimum atomic E-state index is 0.702. The van der Waals surface area contributed by atoms with Gasteiger partial charge in [0, 0.05) is 6.20 Å². The summed E-state index contributed by atoms with van der Waals surface area (Å²) in [7, 11) is 0. The van der Waals surface area contributed by atoms with Crippen molar-refractivity contribution in [2.45, 2.75) is 0 Å². The Morgan fingerprint density at radius 1 is 1.75 bits per heavy atom. The van der Waals surface area contributed by atoms with Gasteiger partial charge in [0.25, 0.3) is 0 Å². The SMILES string of the molecule is Nn1ccc(Cl)c1I. The zero-order valence-corrected chi connectivity index (χ0v) is 6.85. The lowest BCUT2D eigenvalue weighted by Gasteiger charge is -1.90. The first-order valence-electron chi connectivity index (χ1n) is 1.99. The second-order valence-electron chi connectivity index (χ2n) is 1.36. The average molecular weight is 242 g/mol. The number of hydrogen-bond acceptors (Lipinski definition) is 1. The molecule has 1 rings (SSSR count). The normalized spacial score (nSPS) is 9.75.